The standard InChI is InChI=1S/C21H19F2N3O2/c22-13-3-1-12(2-4-13)20-15(16-11-14(23)5-7-17(16)26-20)6-8-19(27)25-18-9-10-24-21(18)28/h1-5,7,11,18,26H,6,8-10H2,(H,24,28)(H,25,27)/t18-/m0/s1. The molecule has 3 N–H and O–H groups in total. The third kappa shape index (κ3) is 3.60. The molecule has 2 heterocycles. The molecule has 4 rings (SSSR count). The summed E-state index contributed by atoms with van der Waals surface area (Å²) in [4.78, 5) is 27.2. The molecule has 0 unspecified atom stereocenters. The highest BCUT2D eigenvalue weighted by Crippen LogP contribution is 2.32. The van der Waals surface area contributed by atoms with Crippen molar-refractivity contribution in [2.24, 2.45) is 0 Å². The van der Waals surface area contributed by atoms with E-state index in [1.165, 1.54) is 24.3 Å². The molecule has 2 amide bonds. The number of fused-ring (bicyclic) bond motifs is 1. The normalized spacial score (nSPS) is 16.4. The summed E-state index contributed by atoms with van der Waals surface area (Å²) >= 11 is 0. The molecule has 0 saturated carbocycles. The van der Waals surface area contributed by atoms with Crippen LogP contribution in [0.15, 0.2) is 42.5 Å². The van der Waals surface area contributed by atoms with Crippen LogP contribution in [-0.4, -0.2) is 29.4 Å². The van der Waals surface area contributed by atoms with Crippen molar-refractivity contribution in [3.8, 4) is 11.3 Å². The predicted octanol–water partition coefficient (Wildman–Crippen LogP) is 3.05. The summed E-state index contributed by atoms with van der Waals surface area (Å²) in [6.45, 7) is 0.556. The number of rotatable bonds is 5. The van der Waals surface area contributed by atoms with Crippen LogP contribution in [0.3, 0.4) is 0 Å². The van der Waals surface area contributed by atoms with E-state index in [1.54, 1.807) is 18.2 Å². The number of carbonyl (C=O) groups excluding carboxylic acids is 2. The van der Waals surface area contributed by atoms with Crippen LogP contribution >= 0.6 is 0 Å². The van der Waals surface area contributed by atoms with E-state index in [0.29, 0.717) is 24.8 Å². The van der Waals surface area contributed by atoms with E-state index < -0.39 is 6.04 Å². The first-order valence-corrected chi connectivity index (χ1v) is 9.14. The van der Waals surface area contributed by atoms with Crippen molar-refractivity contribution in [3.63, 3.8) is 0 Å². The summed E-state index contributed by atoms with van der Waals surface area (Å²) in [5.74, 6) is -1.13. The van der Waals surface area contributed by atoms with E-state index in [9.17, 15) is 18.4 Å². The van der Waals surface area contributed by atoms with Gasteiger partial charge in [-0.2, -0.15) is 0 Å². The van der Waals surface area contributed by atoms with E-state index in [4.69, 9.17) is 0 Å². The Hall–Kier alpha value is -3.22. The zero-order valence-electron chi connectivity index (χ0n) is 15.0. The number of nitrogens with one attached hydrogen (secondary N) is 3. The highest BCUT2D eigenvalue weighted by Gasteiger charge is 2.25. The van der Waals surface area contributed by atoms with Gasteiger partial charge in [-0.1, -0.05) is 0 Å². The number of hydrogen-bond donors (Lipinski definition) is 3. The first-order valence-electron chi connectivity index (χ1n) is 9.14. The van der Waals surface area contributed by atoms with Crippen LogP contribution in [0.4, 0.5) is 8.78 Å². The summed E-state index contributed by atoms with van der Waals surface area (Å²) in [5.41, 5.74) is 3.01. The van der Waals surface area contributed by atoms with Gasteiger partial charge in [0.2, 0.25) is 11.8 Å². The maximum absolute atomic E-state index is 13.8. The van der Waals surface area contributed by atoms with Crippen molar-refractivity contribution >= 4 is 22.7 Å². The number of hydrogen-bond acceptors (Lipinski definition) is 2. The summed E-state index contributed by atoms with van der Waals surface area (Å²) in [5, 5.41) is 6.10. The van der Waals surface area contributed by atoms with Gasteiger partial charge in [0.15, 0.2) is 0 Å². The molecule has 1 fully saturated rings. The van der Waals surface area contributed by atoms with Crippen LogP contribution in [0.2, 0.25) is 0 Å². The SMILES string of the molecule is O=C(CCc1c(-c2ccc(F)cc2)[nH]c2ccc(F)cc12)N[C@H]1CCNC1=O. The van der Waals surface area contributed by atoms with E-state index in [2.05, 4.69) is 15.6 Å². The van der Waals surface area contributed by atoms with Crippen LogP contribution in [-0.2, 0) is 16.0 Å². The first kappa shape index (κ1) is 18.2. The van der Waals surface area contributed by atoms with Gasteiger partial charge in [0, 0.05) is 29.6 Å². The minimum absolute atomic E-state index is 0.154. The molecule has 0 spiro atoms. The molecule has 1 aromatic heterocycles. The second kappa shape index (κ2) is 7.42. The van der Waals surface area contributed by atoms with Gasteiger partial charge in [-0.15, -0.1) is 0 Å². The first-order chi connectivity index (χ1) is 13.5. The van der Waals surface area contributed by atoms with E-state index in [0.717, 1.165) is 22.3 Å². The fourth-order valence-electron chi connectivity index (χ4n) is 3.58. The lowest BCUT2D eigenvalue weighted by Crippen LogP contribution is -2.40. The molecule has 0 bridgehead atoms. The molecule has 0 radical (unpaired) electrons. The summed E-state index contributed by atoms with van der Waals surface area (Å²) < 4.78 is 27.1. The Morgan fingerprint density at radius 1 is 1.11 bits per heavy atom. The van der Waals surface area contributed by atoms with Crippen molar-refractivity contribution in [1.29, 1.82) is 0 Å². The Labute approximate surface area is 160 Å². The van der Waals surface area contributed by atoms with Crippen molar-refractivity contribution in [1.82, 2.24) is 15.6 Å². The molecule has 7 heteroatoms. The molecular formula is C21H19F2N3O2. The average molecular weight is 383 g/mol. The Morgan fingerprint density at radius 2 is 1.86 bits per heavy atom. The van der Waals surface area contributed by atoms with E-state index in [1.807, 2.05) is 0 Å². The van der Waals surface area contributed by atoms with Crippen LogP contribution in [0.5, 0.6) is 0 Å². The molecule has 28 heavy (non-hydrogen) atoms. The van der Waals surface area contributed by atoms with Crippen LogP contribution in [0.1, 0.15) is 18.4 Å². The molecule has 1 saturated heterocycles. The maximum atomic E-state index is 13.8. The number of benzene rings is 2. The van der Waals surface area contributed by atoms with Crippen molar-refractivity contribution in [3.05, 3.63) is 59.7 Å². The van der Waals surface area contributed by atoms with Gasteiger partial charge in [0.1, 0.15) is 17.7 Å². The Morgan fingerprint density at radius 3 is 2.57 bits per heavy atom. The number of carbonyl (C=O) groups is 2. The van der Waals surface area contributed by atoms with Crippen molar-refractivity contribution in [2.75, 3.05) is 6.54 Å². The lowest BCUT2D eigenvalue weighted by atomic mass is 10.0. The van der Waals surface area contributed by atoms with Crippen LogP contribution in [0, 0.1) is 11.6 Å². The van der Waals surface area contributed by atoms with Gasteiger partial charge >= 0.3 is 0 Å². The maximum Gasteiger partial charge on any atom is 0.242 e. The van der Waals surface area contributed by atoms with Gasteiger partial charge in [-0.3, -0.25) is 9.59 Å². The minimum atomic E-state index is -0.496. The second-order valence-corrected chi connectivity index (χ2v) is 6.88. The summed E-state index contributed by atoms with van der Waals surface area (Å²) in [7, 11) is 0. The molecule has 5 nitrogen and oxygen atoms in total. The molecule has 1 aliphatic heterocycles. The lowest BCUT2D eigenvalue weighted by Gasteiger charge is -2.10. The fraction of sp³-hybridized carbons (Fsp3) is 0.238. The molecular weight excluding hydrogens is 364 g/mol. The van der Waals surface area contributed by atoms with Gasteiger partial charge in [0.05, 0.1) is 0 Å². The molecule has 1 aliphatic rings. The second-order valence-electron chi connectivity index (χ2n) is 6.88. The summed E-state index contributed by atoms with van der Waals surface area (Å²) in [6, 6.07) is 9.94. The highest BCUT2D eigenvalue weighted by molar-refractivity contribution is 5.92. The number of aromatic nitrogens is 1. The third-order valence-electron chi connectivity index (χ3n) is 4.99. The zero-order chi connectivity index (χ0) is 19.7. The van der Waals surface area contributed by atoms with Gasteiger partial charge in [0.25, 0.3) is 0 Å². The molecule has 0 aliphatic carbocycles. The largest absolute Gasteiger partial charge is 0.354 e. The molecule has 3 aromatic rings. The van der Waals surface area contributed by atoms with Gasteiger partial charge in [-0.25, -0.2) is 8.78 Å². The molecule has 144 valence electrons. The Balaban J connectivity index is 1.61. The number of H-pyrrole nitrogens is 1. The number of halogens is 2. The molecule has 2 aromatic carbocycles. The fourth-order valence-corrected chi connectivity index (χ4v) is 3.58. The lowest BCUT2D eigenvalue weighted by molar-refractivity contribution is -0.127. The average Bonchev–Trinajstić information content (AvgIpc) is 3.24. The zero-order valence-corrected chi connectivity index (χ0v) is 15.0. The topological polar surface area (TPSA) is 74.0 Å². The van der Waals surface area contributed by atoms with E-state index >= 15 is 0 Å². The minimum Gasteiger partial charge on any atom is -0.354 e. The van der Waals surface area contributed by atoms with Crippen LogP contribution < -0.4 is 10.6 Å². The quantitative estimate of drug-likeness (QED) is 0.634. The Kier molecular flexibility index (Phi) is 4.81. The number of aryl methyl sites for hydroxylation is 1. The number of aromatic amines is 1. The third-order valence-corrected chi connectivity index (χ3v) is 4.99. The van der Waals surface area contributed by atoms with Gasteiger partial charge < -0.3 is 15.6 Å². The molecule has 1 atom stereocenters. The smallest absolute Gasteiger partial charge is 0.242 e. The van der Waals surface area contributed by atoms with Gasteiger partial charge in [-0.05, 0) is 66.4 Å². The highest BCUT2D eigenvalue weighted by atomic mass is 19.1. The monoisotopic (exact) mass is 383 g/mol. The summed E-state index contributed by atoms with van der Waals surface area (Å²) in [6.07, 6.45) is 1.08. The van der Waals surface area contributed by atoms with Crippen molar-refractivity contribution in [2.45, 2.75) is 25.3 Å². The Bertz CT molecular complexity index is 1040. The van der Waals surface area contributed by atoms with Crippen LogP contribution in [0.25, 0.3) is 22.2 Å². The van der Waals surface area contributed by atoms with E-state index in [-0.39, 0.29) is 29.9 Å². The number of amides is 2. The predicted molar refractivity (Wildman–Crippen MR) is 102 cm³/mol. The van der Waals surface area contributed by atoms with Crippen molar-refractivity contribution < 1.29 is 18.4 Å².